The maximum absolute atomic E-state index is 12.2. The Bertz CT molecular complexity index is 921. The minimum absolute atomic E-state index is 0.0418. The summed E-state index contributed by atoms with van der Waals surface area (Å²) >= 11 is 1.78. The molecule has 2 rings (SSSR count). The maximum atomic E-state index is 12.2. The van der Waals surface area contributed by atoms with Crippen LogP contribution in [-0.4, -0.2) is 39.4 Å². The van der Waals surface area contributed by atoms with Gasteiger partial charge in [-0.1, -0.05) is 35.9 Å². The quantitative estimate of drug-likeness (QED) is 0.523. The largest absolute Gasteiger partial charge is 0.355 e. The van der Waals surface area contributed by atoms with Gasteiger partial charge in [0.05, 0.1) is 11.9 Å². The average molecular weight is 449 g/mol. The summed E-state index contributed by atoms with van der Waals surface area (Å²) in [5, 5.41) is 2.92. The van der Waals surface area contributed by atoms with E-state index in [1.165, 1.54) is 21.7 Å². The number of benzene rings is 2. The summed E-state index contributed by atoms with van der Waals surface area (Å²) < 4.78 is 25.9. The van der Waals surface area contributed by atoms with Crippen molar-refractivity contribution in [3.8, 4) is 0 Å². The molecular weight excluding hydrogens is 416 g/mol. The molecular formula is C23H32N2O3S2. The van der Waals surface area contributed by atoms with Crippen LogP contribution in [0.2, 0.25) is 0 Å². The maximum Gasteiger partial charge on any atom is 0.232 e. The fraction of sp³-hybridized carbons (Fsp3) is 0.435. The molecule has 0 aliphatic carbocycles. The van der Waals surface area contributed by atoms with E-state index < -0.39 is 10.0 Å². The van der Waals surface area contributed by atoms with Gasteiger partial charge in [-0.05, 0) is 56.0 Å². The molecule has 0 aliphatic rings. The summed E-state index contributed by atoms with van der Waals surface area (Å²) in [5.74, 6) is 1.73. The number of aryl methyl sites for hydroxylation is 3. The molecule has 30 heavy (non-hydrogen) atoms. The number of rotatable bonds is 11. The van der Waals surface area contributed by atoms with Crippen LogP contribution in [0.1, 0.15) is 35.1 Å². The number of carbonyl (C=O) groups is 1. The highest BCUT2D eigenvalue weighted by molar-refractivity contribution is 7.98. The van der Waals surface area contributed by atoms with E-state index in [0.29, 0.717) is 25.1 Å². The summed E-state index contributed by atoms with van der Waals surface area (Å²) in [7, 11) is -3.40. The Morgan fingerprint density at radius 2 is 1.63 bits per heavy atom. The SMILES string of the molecule is Cc1ccc(CSCCNC(=O)CCCN(c2cc(C)cc(C)c2)S(C)(=O)=O)cc1. The van der Waals surface area contributed by atoms with Gasteiger partial charge in [0.1, 0.15) is 0 Å². The van der Waals surface area contributed by atoms with Crippen LogP contribution >= 0.6 is 11.8 Å². The van der Waals surface area contributed by atoms with E-state index >= 15 is 0 Å². The van der Waals surface area contributed by atoms with E-state index in [-0.39, 0.29) is 12.5 Å². The second kappa shape index (κ2) is 11.4. The van der Waals surface area contributed by atoms with Crippen molar-refractivity contribution in [1.82, 2.24) is 5.32 Å². The number of carbonyl (C=O) groups excluding carboxylic acids is 1. The Balaban J connectivity index is 1.73. The van der Waals surface area contributed by atoms with Crippen molar-refractivity contribution >= 4 is 33.4 Å². The third kappa shape index (κ3) is 8.40. The van der Waals surface area contributed by atoms with Crippen molar-refractivity contribution in [2.75, 3.05) is 29.4 Å². The molecule has 1 N–H and O–H groups in total. The molecule has 0 saturated carbocycles. The second-order valence-electron chi connectivity index (χ2n) is 7.67. The first-order valence-corrected chi connectivity index (χ1v) is 13.1. The molecule has 0 radical (unpaired) electrons. The summed E-state index contributed by atoms with van der Waals surface area (Å²) in [6, 6.07) is 14.2. The molecule has 0 aromatic heterocycles. The summed E-state index contributed by atoms with van der Waals surface area (Å²) in [6.07, 6.45) is 1.98. The molecule has 5 nitrogen and oxygen atoms in total. The highest BCUT2D eigenvalue weighted by Gasteiger charge is 2.18. The van der Waals surface area contributed by atoms with E-state index in [9.17, 15) is 13.2 Å². The molecule has 0 aliphatic heterocycles. The van der Waals surface area contributed by atoms with Crippen LogP contribution < -0.4 is 9.62 Å². The number of hydrogen-bond acceptors (Lipinski definition) is 4. The molecule has 0 fully saturated rings. The molecule has 164 valence electrons. The lowest BCUT2D eigenvalue weighted by atomic mass is 10.1. The number of hydrogen-bond donors (Lipinski definition) is 1. The smallest absolute Gasteiger partial charge is 0.232 e. The number of thioether (sulfide) groups is 1. The molecule has 0 atom stereocenters. The van der Waals surface area contributed by atoms with Crippen molar-refractivity contribution in [2.24, 2.45) is 0 Å². The zero-order valence-electron chi connectivity index (χ0n) is 18.3. The van der Waals surface area contributed by atoms with Gasteiger partial charge in [0, 0.05) is 31.0 Å². The first-order valence-electron chi connectivity index (χ1n) is 10.1. The Kier molecular flexibility index (Phi) is 9.24. The lowest BCUT2D eigenvalue weighted by Gasteiger charge is -2.23. The van der Waals surface area contributed by atoms with Crippen molar-refractivity contribution in [2.45, 2.75) is 39.4 Å². The number of anilines is 1. The average Bonchev–Trinajstić information content (AvgIpc) is 2.64. The number of nitrogens with one attached hydrogen (secondary N) is 1. The Morgan fingerprint density at radius 1 is 1.00 bits per heavy atom. The molecule has 2 aromatic rings. The van der Waals surface area contributed by atoms with Crippen molar-refractivity contribution in [3.63, 3.8) is 0 Å². The van der Waals surface area contributed by atoms with Gasteiger partial charge >= 0.3 is 0 Å². The van der Waals surface area contributed by atoms with Crippen LogP contribution in [0.5, 0.6) is 0 Å². The van der Waals surface area contributed by atoms with E-state index in [1.807, 2.05) is 32.0 Å². The third-order valence-electron chi connectivity index (χ3n) is 4.62. The minimum Gasteiger partial charge on any atom is -0.355 e. The van der Waals surface area contributed by atoms with Gasteiger partial charge in [0.2, 0.25) is 15.9 Å². The van der Waals surface area contributed by atoms with Crippen LogP contribution in [0.3, 0.4) is 0 Å². The Hall–Kier alpha value is -1.99. The first kappa shape index (κ1) is 24.3. The van der Waals surface area contributed by atoms with Gasteiger partial charge in [-0.2, -0.15) is 11.8 Å². The predicted octanol–water partition coefficient (Wildman–Crippen LogP) is 4.21. The van der Waals surface area contributed by atoms with Crippen molar-refractivity contribution < 1.29 is 13.2 Å². The van der Waals surface area contributed by atoms with Gasteiger partial charge in [-0.25, -0.2) is 8.42 Å². The molecule has 7 heteroatoms. The fourth-order valence-corrected chi connectivity index (χ4v) is 4.96. The van der Waals surface area contributed by atoms with Gasteiger partial charge < -0.3 is 5.32 Å². The van der Waals surface area contributed by atoms with Crippen LogP contribution in [0, 0.1) is 20.8 Å². The second-order valence-corrected chi connectivity index (χ2v) is 10.7. The number of amides is 1. The lowest BCUT2D eigenvalue weighted by Crippen LogP contribution is -2.32. The third-order valence-corrected chi connectivity index (χ3v) is 6.84. The van der Waals surface area contributed by atoms with Crippen molar-refractivity contribution in [3.05, 3.63) is 64.7 Å². The number of nitrogens with zero attached hydrogens (tertiary/aromatic N) is 1. The topological polar surface area (TPSA) is 66.5 Å². The zero-order chi connectivity index (χ0) is 22.1. The van der Waals surface area contributed by atoms with Crippen LogP contribution in [0.25, 0.3) is 0 Å². The molecule has 0 saturated heterocycles. The number of sulfonamides is 1. The van der Waals surface area contributed by atoms with Gasteiger partial charge in [-0.3, -0.25) is 9.10 Å². The molecule has 0 heterocycles. The zero-order valence-corrected chi connectivity index (χ0v) is 19.9. The molecule has 2 aromatic carbocycles. The highest BCUT2D eigenvalue weighted by atomic mass is 32.2. The van der Waals surface area contributed by atoms with Crippen LogP contribution in [0.4, 0.5) is 5.69 Å². The van der Waals surface area contributed by atoms with E-state index in [1.54, 1.807) is 11.8 Å². The summed E-state index contributed by atoms with van der Waals surface area (Å²) in [4.78, 5) is 12.1. The standard InChI is InChI=1S/C23H32N2O3S2/c1-18-7-9-21(10-8-18)17-29-13-11-24-23(26)6-5-12-25(30(4,27)28)22-15-19(2)14-20(3)16-22/h7-10,14-16H,5-6,11-13,17H2,1-4H3,(H,24,26). The molecule has 1 amide bonds. The van der Waals surface area contributed by atoms with Gasteiger partial charge in [0.25, 0.3) is 0 Å². The van der Waals surface area contributed by atoms with Gasteiger partial charge in [0.15, 0.2) is 0 Å². The van der Waals surface area contributed by atoms with E-state index in [0.717, 1.165) is 22.6 Å². The van der Waals surface area contributed by atoms with Crippen LogP contribution in [-0.2, 0) is 20.6 Å². The first-order chi connectivity index (χ1) is 14.1. The predicted molar refractivity (Wildman–Crippen MR) is 128 cm³/mol. The summed E-state index contributed by atoms with van der Waals surface area (Å²) in [5.41, 5.74) is 5.22. The fourth-order valence-electron chi connectivity index (χ4n) is 3.19. The monoisotopic (exact) mass is 448 g/mol. The molecule has 0 unspecified atom stereocenters. The molecule has 0 spiro atoms. The Labute approximate surface area is 185 Å². The summed E-state index contributed by atoms with van der Waals surface area (Å²) in [6.45, 7) is 6.87. The van der Waals surface area contributed by atoms with Gasteiger partial charge in [-0.15, -0.1) is 0 Å². The van der Waals surface area contributed by atoms with E-state index in [4.69, 9.17) is 0 Å². The highest BCUT2D eigenvalue weighted by Crippen LogP contribution is 2.22. The minimum atomic E-state index is -3.40. The molecule has 0 bridgehead atoms. The van der Waals surface area contributed by atoms with Crippen LogP contribution in [0.15, 0.2) is 42.5 Å². The van der Waals surface area contributed by atoms with Crippen molar-refractivity contribution in [1.29, 1.82) is 0 Å². The lowest BCUT2D eigenvalue weighted by molar-refractivity contribution is -0.121. The van der Waals surface area contributed by atoms with E-state index in [2.05, 4.69) is 36.5 Å². The normalized spacial score (nSPS) is 11.3. The Morgan fingerprint density at radius 3 is 2.23 bits per heavy atom.